The van der Waals surface area contributed by atoms with Crippen LogP contribution in [0.5, 0.6) is 5.75 Å². The standard InChI is InChI=1S/C17H27O4P.Na/c1-8-20-15-13(16(2,3)4)9-12(11-21-22(18)19)10-14(15)17(5,6)7;/h9-10H,8,11H2,1-7H3;/q;+1. The van der Waals surface area contributed by atoms with Crippen LogP contribution in [0.25, 0.3) is 0 Å². The molecule has 0 spiro atoms. The van der Waals surface area contributed by atoms with Crippen LogP contribution in [-0.4, -0.2) is 6.61 Å². The van der Waals surface area contributed by atoms with Gasteiger partial charge in [-0.1, -0.05) is 41.5 Å². The first kappa shape index (κ1) is 23.0. The van der Waals surface area contributed by atoms with E-state index in [9.17, 15) is 9.46 Å². The third kappa shape index (κ3) is 6.81. The fourth-order valence-corrected chi connectivity index (χ4v) is 2.57. The van der Waals surface area contributed by atoms with Crippen LogP contribution in [0.2, 0.25) is 0 Å². The van der Waals surface area contributed by atoms with Gasteiger partial charge in [-0.25, -0.2) is 0 Å². The number of benzene rings is 1. The predicted molar refractivity (Wildman–Crippen MR) is 87.4 cm³/mol. The molecule has 0 radical (unpaired) electrons. The van der Waals surface area contributed by atoms with E-state index in [0.29, 0.717) is 6.61 Å². The van der Waals surface area contributed by atoms with E-state index in [1.54, 1.807) is 0 Å². The monoisotopic (exact) mass is 349 g/mol. The molecule has 0 aromatic heterocycles. The van der Waals surface area contributed by atoms with Crippen molar-refractivity contribution in [3.05, 3.63) is 28.8 Å². The SMILES string of the molecule is CCOc1c(C(C)(C)C)cc(CO[P+](=O)[O-])cc1C(C)(C)C.[Na+]. The largest absolute Gasteiger partial charge is 1.00 e. The molecule has 1 unspecified atom stereocenters. The molecule has 0 saturated heterocycles. The molecular formula is C17H27NaO4P+. The molecular weight excluding hydrogens is 322 g/mol. The zero-order chi connectivity index (χ0) is 17.1. The summed E-state index contributed by atoms with van der Waals surface area (Å²) in [5, 5.41) is 0. The van der Waals surface area contributed by atoms with Gasteiger partial charge in [-0.2, -0.15) is 0 Å². The van der Waals surface area contributed by atoms with E-state index in [4.69, 9.17) is 9.26 Å². The molecule has 0 bridgehead atoms. The zero-order valence-electron chi connectivity index (χ0n) is 15.6. The zero-order valence-corrected chi connectivity index (χ0v) is 18.5. The van der Waals surface area contributed by atoms with Crippen LogP contribution in [0.15, 0.2) is 12.1 Å². The van der Waals surface area contributed by atoms with Crippen LogP contribution >= 0.6 is 8.25 Å². The summed E-state index contributed by atoms with van der Waals surface area (Å²) in [5.74, 6) is 0.901. The maximum atomic E-state index is 10.7. The summed E-state index contributed by atoms with van der Waals surface area (Å²) in [5.41, 5.74) is 2.76. The van der Waals surface area contributed by atoms with E-state index in [-0.39, 0.29) is 47.0 Å². The van der Waals surface area contributed by atoms with Crippen molar-refractivity contribution >= 4 is 8.25 Å². The van der Waals surface area contributed by atoms with Gasteiger partial charge in [0.2, 0.25) is 0 Å². The van der Waals surface area contributed by atoms with E-state index < -0.39 is 8.25 Å². The molecule has 0 saturated carbocycles. The Morgan fingerprint density at radius 2 is 1.48 bits per heavy atom. The molecule has 124 valence electrons. The third-order valence-corrected chi connectivity index (χ3v) is 3.73. The molecule has 1 aromatic rings. The van der Waals surface area contributed by atoms with Gasteiger partial charge in [0.05, 0.1) is 6.61 Å². The maximum absolute atomic E-state index is 10.7. The second-order valence-electron chi connectivity index (χ2n) is 7.45. The molecule has 1 aromatic carbocycles. The summed E-state index contributed by atoms with van der Waals surface area (Å²) in [4.78, 5) is 10.7. The summed E-state index contributed by atoms with van der Waals surface area (Å²) >= 11 is 0. The summed E-state index contributed by atoms with van der Waals surface area (Å²) in [7, 11) is -2.85. The first-order valence-electron chi connectivity index (χ1n) is 7.54. The Balaban J connectivity index is 0.00000484. The Morgan fingerprint density at radius 1 is 1.04 bits per heavy atom. The van der Waals surface area contributed by atoms with Crippen LogP contribution in [0.3, 0.4) is 0 Å². The van der Waals surface area contributed by atoms with Crippen molar-refractivity contribution in [1.29, 1.82) is 0 Å². The van der Waals surface area contributed by atoms with E-state index in [1.807, 2.05) is 19.1 Å². The minimum absolute atomic E-state index is 0. The van der Waals surface area contributed by atoms with Crippen LogP contribution in [0.1, 0.15) is 65.2 Å². The van der Waals surface area contributed by atoms with Crippen molar-refractivity contribution in [2.45, 2.75) is 65.9 Å². The van der Waals surface area contributed by atoms with Gasteiger partial charge in [0.25, 0.3) is 0 Å². The summed E-state index contributed by atoms with van der Waals surface area (Å²) in [6, 6.07) is 3.97. The summed E-state index contributed by atoms with van der Waals surface area (Å²) < 4.78 is 21.4. The van der Waals surface area contributed by atoms with Gasteiger partial charge in [0, 0.05) is 11.1 Å². The van der Waals surface area contributed by atoms with Gasteiger partial charge >= 0.3 is 37.8 Å². The second kappa shape index (κ2) is 8.94. The molecule has 1 atom stereocenters. The summed E-state index contributed by atoms with van der Waals surface area (Å²) in [6.45, 7) is 15.3. The van der Waals surface area contributed by atoms with Crippen molar-refractivity contribution in [3.8, 4) is 5.75 Å². The first-order valence-corrected chi connectivity index (χ1v) is 8.64. The number of rotatable bonds is 5. The number of hydrogen-bond donors (Lipinski definition) is 0. The molecule has 0 aliphatic rings. The van der Waals surface area contributed by atoms with Crippen LogP contribution in [0, 0.1) is 0 Å². The molecule has 0 aliphatic carbocycles. The van der Waals surface area contributed by atoms with E-state index in [0.717, 1.165) is 22.4 Å². The van der Waals surface area contributed by atoms with Crippen molar-refractivity contribution in [2.75, 3.05) is 6.61 Å². The van der Waals surface area contributed by atoms with E-state index in [1.165, 1.54) is 0 Å². The second-order valence-corrected chi connectivity index (χ2v) is 8.16. The molecule has 0 N–H and O–H groups in total. The van der Waals surface area contributed by atoms with Crippen molar-refractivity contribution in [2.24, 2.45) is 0 Å². The van der Waals surface area contributed by atoms with Crippen LogP contribution < -0.4 is 39.2 Å². The fraction of sp³-hybridized carbons (Fsp3) is 0.647. The fourth-order valence-electron chi connectivity index (χ4n) is 2.31. The molecule has 23 heavy (non-hydrogen) atoms. The molecule has 0 heterocycles. The van der Waals surface area contributed by atoms with Crippen molar-refractivity contribution in [3.63, 3.8) is 0 Å². The average Bonchev–Trinajstić information content (AvgIpc) is 2.34. The predicted octanol–water partition coefficient (Wildman–Crippen LogP) is 1.22. The smallest absolute Gasteiger partial charge is 0.566 e. The minimum Gasteiger partial charge on any atom is -0.566 e. The molecule has 6 heteroatoms. The van der Waals surface area contributed by atoms with E-state index >= 15 is 0 Å². The molecule has 4 nitrogen and oxygen atoms in total. The number of ether oxygens (including phenoxy) is 1. The Morgan fingerprint density at radius 3 is 1.78 bits per heavy atom. The Kier molecular flexibility index (Phi) is 8.95. The van der Waals surface area contributed by atoms with Crippen molar-refractivity contribution < 1.29 is 48.3 Å². The van der Waals surface area contributed by atoms with Gasteiger partial charge in [-0.15, -0.1) is 4.52 Å². The van der Waals surface area contributed by atoms with Gasteiger partial charge in [0.1, 0.15) is 12.4 Å². The van der Waals surface area contributed by atoms with Crippen LogP contribution in [0.4, 0.5) is 0 Å². The van der Waals surface area contributed by atoms with Crippen molar-refractivity contribution in [1.82, 2.24) is 0 Å². The minimum atomic E-state index is -2.85. The van der Waals surface area contributed by atoms with Gasteiger partial charge < -0.3 is 9.63 Å². The average molecular weight is 349 g/mol. The van der Waals surface area contributed by atoms with Gasteiger partial charge in [-0.05, 0) is 40.0 Å². The first-order chi connectivity index (χ1) is 9.96. The summed E-state index contributed by atoms with van der Waals surface area (Å²) in [6.07, 6.45) is 0. The molecule has 0 fully saturated rings. The topological polar surface area (TPSA) is 58.6 Å². The molecule has 1 rings (SSSR count). The quantitative estimate of drug-likeness (QED) is 0.592. The Bertz CT molecular complexity index is 509. The number of hydrogen-bond acceptors (Lipinski definition) is 4. The van der Waals surface area contributed by atoms with E-state index in [2.05, 4.69) is 41.5 Å². The maximum Gasteiger partial charge on any atom is 1.00 e. The van der Waals surface area contributed by atoms with Crippen LogP contribution in [-0.2, 0) is 26.5 Å². The normalized spacial score (nSPS) is 12.6. The Labute approximate surface area is 163 Å². The Hall–Kier alpha value is 0.0400. The molecule has 0 amide bonds. The van der Waals surface area contributed by atoms with Gasteiger partial charge in [0.15, 0.2) is 0 Å². The third-order valence-electron chi connectivity index (χ3n) is 3.39. The molecule has 0 aliphatic heterocycles. The van der Waals surface area contributed by atoms with Gasteiger partial charge in [-0.3, -0.25) is 0 Å².